The van der Waals surface area contributed by atoms with Gasteiger partial charge in [0, 0.05) is 24.8 Å². The molecule has 4 heteroatoms. The molecule has 4 nitrogen and oxygen atoms in total. The first-order chi connectivity index (χ1) is 8.45. The lowest BCUT2D eigenvalue weighted by atomic mass is 9.94. The zero-order valence-electron chi connectivity index (χ0n) is 11.4. The van der Waals surface area contributed by atoms with E-state index in [1.807, 2.05) is 20.8 Å². The van der Waals surface area contributed by atoms with Gasteiger partial charge < -0.3 is 10.6 Å². The Labute approximate surface area is 109 Å². The largest absolute Gasteiger partial charge is 0.368 e. The Kier molecular flexibility index (Phi) is 5.21. The van der Waals surface area contributed by atoms with E-state index >= 15 is 0 Å². The minimum absolute atomic E-state index is 0.00467. The molecule has 0 aromatic carbocycles. The van der Waals surface area contributed by atoms with Crippen molar-refractivity contribution in [2.24, 2.45) is 17.6 Å². The van der Waals surface area contributed by atoms with Crippen molar-refractivity contribution in [1.82, 2.24) is 4.90 Å². The Balaban J connectivity index is 2.65. The van der Waals surface area contributed by atoms with Crippen LogP contribution in [0.25, 0.3) is 0 Å². The molecule has 0 aromatic heterocycles. The highest BCUT2D eigenvalue weighted by Crippen LogP contribution is 2.20. The molecule has 1 aliphatic heterocycles. The Morgan fingerprint density at radius 1 is 1.56 bits per heavy atom. The van der Waals surface area contributed by atoms with Gasteiger partial charge in [0.2, 0.25) is 11.8 Å². The van der Waals surface area contributed by atoms with Crippen LogP contribution in [0.2, 0.25) is 0 Å². The second kappa shape index (κ2) is 6.44. The Morgan fingerprint density at radius 3 is 2.67 bits per heavy atom. The molecule has 1 heterocycles. The van der Waals surface area contributed by atoms with Crippen LogP contribution in [-0.4, -0.2) is 29.3 Å². The molecule has 1 fully saturated rings. The van der Waals surface area contributed by atoms with E-state index in [1.54, 1.807) is 4.90 Å². The van der Waals surface area contributed by atoms with Gasteiger partial charge in [0.25, 0.3) is 0 Å². The second-order valence-corrected chi connectivity index (χ2v) is 5.05. The van der Waals surface area contributed by atoms with Crippen molar-refractivity contribution in [3.8, 4) is 11.8 Å². The second-order valence-electron chi connectivity index (χ2n) is 5.05. The molecule has 1 aliphatic rings. The van der Waals surface area contributed by atoms with Crippen molar-refractivity contribution in [2.45, 2.75) is 46.1 Å². The van der Waals surface area contributed by atoms with Gasteiger partial charge in [-0.3, -0.25) is 9.59 Å². The Morgan fingerprint density at radius 2 is 2.22 bits per heavy atom. The number of amides is 2. The van der Waals surface area contributed by atoms with E-state index < -0.39 is 11.9 Å². The average Bonchev–Trinajstić information content (AvgIpc) is 2.29. The molecule has 1 rings (SSSR count). The van der Waals surface area contributed by atoms with Gasteiger partial charge in [-0.15, -0.1) is 5.92 Å². The number of hydrogen-bond donors (Lipinski definition) is 1. The summed E-state index contributed by atoms with van der Waals surface area (Å²) in [6.07, 6.45) is 1.81. The lowest BCUT2D eigenvalue weighted by molar-refractivity contribution is -0.142. The summed E-state index contributed by atoms with van der Waals surface area (Å²) < 4.78 is 0. The lowest BCUT2D eigenvalue weighted by Gasteiger charge is -2.34. The lowest BCUT2D eigenvalue weighted by Crippen LogP contribution is -2.50. The van der Waals surface area contributed by atoms with Crippen LogP contribution in [0.15, 0.2) is 0 Å². The van der Waals surface area contributed by atoms with Crippen LogP contribution in [-0.2, 0) is 9.59 Å². The molecule has 0 spiro atoms. The molecular weight excluding hydrogens is 228 g/mol. The number of carbonyl (C=O) groups excluding carboxylic acids is 2. The first kappa shape index (κ1) is 14.6. The van der Waals surface area contributed by atoms with Gasteiger partial charge >= 0.3 is 0 Å². The molecule has 0 saturated carbocycles. The SMILES string of the molecule is CCC(C(N)=O)N1CCC(C#CC(C)C)CC1=O. The minimum Gasteiger partial charge on any atom is -0.368 e. The van der Waals surface area contributed by atoms with E-state index in [0.29, 0.717) is 25.3 Å². The summed E-state index contributed by atoms with van der Waals surface area (Å²) in [7, 11) is 0. The summed E-state index contributed by atoms with van der Waals surface area (Å²) in [5.74, 6) is 6.28. The van der Waals surface area contributed by atoms with Crippen LogP contribution in [0, 0.1) is 23.7 Å². The van der Waals surface area contributed by atoms with E-state index in [9.17, 15) is 9.59 Å². The molecule has 100 valence electrons. The van der Waals surface area contributed by atoms with Gasteiger partial charge in [-0.05, 0) is 12.8 Å². The molecule has 2 amide bonds. The summed E-state index contributed by atoms with van der Waals surface area (Å²) in [4.78, 5) is 24.9. The molecule has 0 radical (unpaired) electrons. The van der Waals surface area contributed by atoms with Gasteiger partial charge in [-0.2, -0.15) is 0 Å². The van der Waals surface area contributed by atoms with Gasteiger partial charge in [0.1, 0.15) is 6.04 Å². The first-order valence-electron chi connectivity index (χ1n) is 6.55. The van der Waals surface area contributed by atoms with Crippen molar-refractivity contribution < 1.29 is 9.59 Å². The van der Waals surface area contributed by atoms with Crippen molar-refractivity contribution in [1.29, 1.82) is 0 Å². The topological polar surface area (TPSA) is 63.4 Å². The maximum Gasteiger partial charge on any atom is 0.240 e. The summed E-state index contributed by atoms with van der Waals surface area (Å²) in [6, 6.07) is -0.462. The van der Waals surface area contributed by atoms with E-state index in [0.717, 1.165) is 6.42 Å². The zero-order valence-corrected chi connectivity index (χ0v) is 11.4. The molecule has 0 aliphatic carbocycles. The highest BCUT2D eigenvalue weighted by atomic mass is 16.2. The van der Waals surface area contributed by atoms with Crippen LogP contribution in [0.5, 0.6) is 0 Å². The number of hydrogen-bond acceptors (Lipinski definition) is 2. The standard InChI is InChI=1S/C14H22N2O2/c1-4-12(14(15)18)16-8-7-11(9-13(16)17)6-5-10(2)3/h10-12H,4,7-9H2,1-3H3,(H2,15,18). The maximum absolute atomic E-state index is 12.0. The number of nitrogens with zero attached hydrogens (tertiary/aromatic N) is 1. The highest BCUT2D eigenvalue weighted by molar-refractivity contribution is 5.87. The van der Waals surface area contributed by atoms with Crippen molar-refractivity contribution in [3.63, 3.8) is 0 Å². The quantitative estimate of drug-likeness (QED) is 0.764. The van der Waals surface area contributed by atoms with E-state index in [1.165, 1.54) is 0 Å². The fraction of sp³-hybridized carbons (Fsp3) is 0.714. The summed E-state index contributed by atoms with van der Waals surface area (Å²) >= 11 is 0. The first-order valence-corrected chi connectivity index (χ1v) is 6.55. The van der Waals surface area contributed by atoms with Crippen molar-refractivity contribution >= 4 is 11.8 Å². The van der Waals surface area contributed by atoms with Crippen LogP contribution < -0.4 is 5.73 Å². The molecule has 2 unspecified atom stereocenters. The highest BCUT2D eigenvalue weighted by Gasteiger charge is 2.31. The smallest absolute Gasteiger partial charge is 0.240 e. The van der Waals surface area contributed by atoms with Gasteiger partial charge in [0.05, 0.1) is 0 Å². The van der Waals surface area contributed by atoms with E-state index in [4.69, 9.17) is 5.73 Å². The normalized spacial score (nSPS) is 21.4. The fourth-order valence-electron chi connectivity index (χ4n) is 2.16. The van der Waals surface area contributed by atoms with Crippen LogP contribution in [0.4, 0.5) is 0 Å². The number of piperidine rings is 1. The summed E-state index contributed by atoms with van der Waals surface area (Å²) in [5, 5.41) is 0. The third-order valence-corrected chi connectivity index (χ3v) is 3.13. The maximum atomic E-state index is 12.0. The zero-order chi connectivity index (χ0) is 13.7. The molecule has 1 saturated heterocycles. The van der Waals surface area contributed by atoms with E-state index in [-0.39, 0.29) is 11.8 Å². The Hall–Kier alpha value is -1.50. The number of rotatable bonds is 3. The predicted molar refractivity (Wildman–Crippen MR) is 70.3 cm³/mol. The third-order valence-electron chi connectivity index (χ3n) is 3.13. The molecule has 0 bridgehead atoms. The Bertz CT molecular complexity index is 379. The van der Waals surface area contributed by atoms with Crippen molar-refractivity contribution in [3.05, 3.63) is 0 Å². The van der Waals surface area contributed by atoms with E-state index in [2.05, 4.69) is 11.8 Å². The molecule has 2 N–H and O–H groups in total. The minimum atomic E-state index is -0.462. The fourth-order valence-corrected chi connectivity index (χ4v) is 2.16. The molecular formula is C14H22N2O2. The number of likely N-dealkylation sites (tertiary alicyclic amines) is 1. The number of primary amides is 1. The van der Waals surface area contributed by atoms with Crippen LogP contribution in [0.1, 0.15) is 40.0 Å². The van der Waals surface area contributed by atoms with Crippen molar-refractivity contribution in [2.75, 3.05) is 6.54 Å². The number of nitrogens with two attached hydrogens (primary N) is 1. The average molecular weight is 250 g/mol. The monoisotopic (exact) mass is 250 g/mol. The number of carbonyl (C=O) groups is 2. The van der Waals surface area contributed by atoms with Gasteiger partial charge in [-0.25, -0.2) is 0 Å². The summed E-state index contributed by atoms with van der Waals surface area (Å²) in [6.45, 7) is 6.51. The van der Waals surface area contributed by atoms with Gasteiger partial charge in [0.15, 0.2) is 0 Å². The van der Waals surface area contributed by atoms with Crippen LogP contribution in [0.3, 0.4) is 0 Å². The molecule has 0 aromatic rings. The molecule has 18 heavy (non-hydrogen) atoms. The van der Waals surface area contributed by atoms with Gasteiger partial charge in [-0.1, -0.05) is 26.7 Å². The third kappa shape index (κ3) is 3.76. The summed E-state index contributed by atoms with van der Waals surface area (Å²) in [5.41, 5.74) is 5.31. The molecule has 2 atom stereocenters. The van der Waals surface area contributed by atoms with Crippen LogP contribution >= 0.6 is 0 Å². The predicted octanol–water partition coefficient (Wildman–Crippen LogP) is 1.15.